The van der Waals surface area contributed by atoms with Crippen LogP contribution in [0.4, 0.5) is 0 Å². The molecule has 1 heterocycles. The molecule has 3 N–H and O–H groups in total. The largest absolute Gasteiger partial charge is 0.354 e. The molecule has 0 fully saturated rings. The maximum atomic E-state index is 11.5. The summed E-state index contributed by atoms with van der Waals surface area (Å²) >= 11 is 1.67. The Morgan fingerprint density at radius 3 is 2.75 bits per heavy atom. The minimum atomic E-state index is -0.396. The van der Waals surface area contributed by atoms with Crippen LogP contribution in [0.25, 0.3) is 0 Å². The maximum Gasteiger partial charge on any atom is 0.237 e. The fraction of sp³-hybridized carbons (Fsp3) is 0.545. The highest BCUT2D eigenvalue weighted by molar-refractivity contribution is 7.07. The van der Waals surface area contributed by atoms with E-state index in [4.69, 9.17) is 5.73 Å². The van der Waals surface area contributed by atoms with E-state index in [1.807, 2.05) is 19.2 Å². The van der Waals surface area contributed by atoms with Crippen LogP contribution in [0, 0.1) is 5.92 Å². The average molecular weight is 263 g/mol. The molecule has 0 spiro atoms. The van der Waals surface area contributed by atoms with Gasteiger partial charge in [0.2, 0.25) is 5.91 Å². The van der Waals surface area contributed by atoms with Crippen molar-refractivity contribution in [3.8, 4) is 0 Å². The van der Waals surface area contributed by atoms with E-state index in [-0.39, 0.29) is 24.2 Å². The number of hydrogen-bond acceptors (Lipinski definition) is 3. The number of amides is 1. The van der Waals surface area contributed by atoms with Crippen LogP contribution in [0.5, 0.6) is 0 Å². The fourth-order valence-corrected chi connectivity index (χ4v) is 1.89. The highest BCUT2D eigenvalue weighted by Gasteiger charge is 2.15. The summed E-state index contributed by atoms with van der Waals surface area (Å²) in [6.45, 7) is 4.56. The number of rotatable bonds is 5. The lowest BCUT2D eigenvalue weighted by molar-refractivity contribution is -0.123. The Kier molecular flexibility index (Phi) is 7.38. The summed E-state index contributed by atoms with van der Waals surface area (Å²) in [7, 11) is 0. The van der Waals surface area contributed by atoms with Crippen LogP contribution >= 0.6 is 23.7 Å². The molecule has 1 aromatic rings. The molecule has 0 bridgehead atoms. The topological polar surface area (TPSA) is 55.1 Å². The lowest BCUT2D eigenvalue weighted by Gasteiger charge is -2.14. The van der Waals surface area contributed by atoms with Crippen LogP contribution in [-0.2, 0) is 11.2 Å². The molecule has 16 heavy (non-hydrogen) atoms. The standard InChI is InChI=1S/C11H18N2OS.ClH/c1-8(2)10(12)11(14)13-5-3-9-4-6-15-7-9;/h4,6-8,10H,3,5,12H2,1-2H3,(H,13,14);1H/t10-;/m1./s1. The summed E-state index contributed by atoms with van der Waals surface area (Å²) in [5, 5.41) is 6.97. The number of nitrogens with one attached hydrogen (secondary N) is 1. The van der Waals surface area contributed by atoms with E-state index in [0.717, 1.165) is 6.42 Å². The third kappa shape index (κ3) is 4.96. The molecular formula is C11H19ClN2OS. The van der Waals surface area contributed by atoms with Crippen LogP contribution in [0.15, 0.2) is 16.8 Å². The molecule has 0 aromatic carbocycles. The quantitative estimate of drug-likeness (QED) is 0.850. The van der Waals surface area contributed by atoms with Crippen molar-refractivity contribution in [2.24, 2.45) is 11.7 Å². The van der Waals surface area contributed by atoms with Gasteiger partial charge in [0.25, 0.3) is 0 Å². The Hall–Kier alpha value is -0.580. The van der Waals surface area contributed by atoms with Gasteiger partial charge in [-0.15, -0.1) is 12.4 Å². The van der Waals surface area contributed by atoms with Crippen molar-refractivity contribution < 1.29 is 4.79 Å². The summed E-state index contributed by atoms with van der Waals surface area (Å²) in [5.41, 5.74) is 6.97. The molecule has 1 aromatic heterocycles. The van der Waals surface area contributed by atoms with Crippen molar-refractivity contribution in [1.82, 2.24) is 5.32 Å². The van der Waals surface area contributed by atoms with Gasteiger partial charge in [-0.25, -0.2) is 0 Å². The number of nitrogens with two attached hydrogens (primary N) is 1. The molecule has 0 aliphatic heterocycles. The second-order valence-corrected chi connectivity index (χ2v) is 4.72. The molecule has 3 nitrogen and oxygen atoms in total. The van der Waals surface area contributed by atoms with Crippen molar-refractivity contribution in [1.29, 1.82) is 0 Å². The van der Waals surface area contributed by atoms with Gasteiger partial charge in [-0.1, -0.05) is 13.8 Å². The van der Waals surface area contributed by atoms with Crippen LogP contribution in [-0.4, -0.2) is 18.5 Å². The first-order chi connectivity index (χ1) is 7.11. The van der Waals surface area contributed by atoms with Gasteiger partial charge in [0.05, 0.1) is 6.04 Å². The molecule has 92 valence electrons. The summed E-state index contributed by atoms with van der Waals surface area (Å²) < 4.78 is 0. The third-order valence-electron chi connectivity index (χ3n) is 2.31. The normalized spacial score (nSPS) is 12.0. The van der Waals surface area contributed by atoms with Crippen molar-refractivity contribution in [3.63, 3.8) is 0 Å². The number of carbonyl (C=O) groups is 1. The number of carbonyl (C=O) groups excluding carboxylic acids is 1. The van der Waals surface area contributed by atoms with Crippen LogP contribution < -0.4 is 11.1 Å². The number of thiophene rings is 1. The van der Waals surface area contributed by atoms with Gasteiger partial charge in [0.1, 0.15) is 0 Å². The predicted molar refractivity (Wildman–Crippen MR) is 71.1 cm³/mol. The van der Waals surface area contributed by atoms with Gasteiger partial charge in [-0.05, 0) is 34.7 Å². The zero-order valence-electron chi connectivity index (χ0n) is 9.60. The van der Waals surface area contributed by atoms with Crippen molar-refractivity contribution in [2.45, 2.75) is 26.3 Å². The van der Waals surface area contributed by atoms with Gasteiger partial charge >= 0.3 is 0 Å². The SMILES string of the molecule is CC(C)[C@@H](N)C(=O)NCCc1ccsc1.Cl. The van der Waals surface area contributed by atoms with Crippen molar-refractivity contribution in [2.75, 3.05) is 6.54 Å². The Balaban J connectivity index is 0.00000225. The molecule has 0 unspecified atom stereocenters. The minimum Gasteiger partial charge on any atom is -0.354 e. The van der Waals surface area contributed by atoms with Crippen LogP contribution in [0.3, 0.4) is 0 Å². The van der Waals surface area contributed by atoms with E-state index in [1.165, 1.54) is 5.56 Å². The molecule has 0 aliphatic rings. The molecule has 0 saturated heterocycles. The van der Waals surface area contributed by atoms with Gasteiger partial charge in [-0.3, -0.25) is 4.79 Å². The molecule has 0 aliphatic carbocycles. The van der Waals surface area contributed by atoms with E-state index < -0.39 is 6.04 Å². The molecule has 1 atom stereocenters. The van der Waals surface area contributed by atoms with E-state index >= 15 is 0 Å². The fourth-order valence-electron chi connectivity index (χ4n) is 1.19. The van der Waals surface area contributed by atoms with Gasteiger partial charge in [0, 0.05) is 6.54 Å². The molecule has 0 radical (unpaired) electrons. The molecule has 0 saturated carbocycles. The molecule has 1 rings (SSSR count). The van der Waals surface area contributed by atoms with E-state index in [9.17, 15) is 4.79 Å². The highest BCUT2D eigenvalue weighted by Crippen LogP contribution is 2.05. The van der Waals surface area contributed by atoms with Crippen LogP contribution in [0.2, 0.25) is 0 Å². The summed E-state index contributed by atoms with van der Waals surface area (Å²) in [4.78, 5) is 11.5. The van der Waals surface area contributed by atoms with Gasteiger partial charge in [-0.2, -0.15) is 11.3 Å². The number of hydrogen-bond donors (Lipinski definition) is 2. The Bertz CT molecular complexity index is 301. The Morgan fingerprint density at radius 2 is 2.25 bits per heavy atom. The van der Waals surface area contributed by atoms with Crippen molar-refractivity contribution >= 4 is 29.7 Å². The van der Waals surface area contributed by atoms with Crippen molar-refractivity contribution in [3.05, 3.63) is 22.4 Å². The second-order valence-electron chi connectivity index (χ2n) is 3.94. The summed E-state index contributed by atoms with van der Waals surface area (Å²) in [6.07, 6.45) is 0.875. The first-order valence-corrected chi connectivity index (χ1v) is 6.10. The zero-order chi connectivity index (χ0) is 11.3. The zero-order valence-corrected chi connectivity index (χ0v) is 11.2. The van der Waals surface area contributed by atoms with E-state index in [0.29, 0.717) is 6.54 Å². The number of halogens is 1. The maximum absolute atomic E-state index is 11.5. The first-order valence-electron chi connectivity index (χ1n) is 5.15. The summed E-state index contributed by atoms with van der Waals surface area (Å²) in [6, 6.07) is 1.67. The average Bonchev–Trinajstić information content (AvgIpc) is 2.69. The van der Waals surface area contributed by atoms with Gasteiger partial charge < -0.3 is 11.1 Å². The van der Waals surface area contributed by atoms with E-state index in [2.05, 4.69) is 16.8 Å². The molecule has 5 heteroatoms. The Morgan fingerprint density at radius 1 is 1.56 bits per heavy atom. The van der Waals surface area contributed by atoms with Gasteiger partial charge in [0.15, 0.2) is 0 Å². The lowest BCUT2D eigenvalue weighted by Crippen LogP contribution is -2.44. The Labute approximate surface area is 107 Å². The predicted octanol–water partition coefficient (Wildman–Crippen LogP) is 1.81. The summed E-state index contributed by atoms with van der Waals surface area (Å²) in [5.74, 6) is 0.131. The van der Waals surface area contributed by atoms with E-state index in [1.54, 1.807) is 11.3 Å². The molecular weight excluding hydrogens is 244 g/mol. The highest BCUT2D eigenvalue weighted by atomic mass is 35.5. The third-order valence-corrected chi connectivity index (χ3v) is 3.05. The first kappa shape index (κ1) is 15.4. The minimum absolute atomic E-state index is 0. The molecule has 1 amide bonds. The monoisotopic (exact) mass is 262 g/mol. The second kappa shape index (κ2) is 7.65. The van der Waals surface area contributed by atoms with Crippen LogP contribution in [0.1, 0.15) is 19.4 Å². The lowest BCUT2D eigenvalue weighted by atomic mass is 10.1. The smallest absolute Gasteiger partial charge is 0.237 e.